The van der Waals surface area contributed by atoms with Crippen molar-refractivity contribution in [2.75, 3.05) is 0 Å². The standard InChI is InChI=1S/C16H21ClO/c1-11(18)13-5-4-6-14(17)15(13)12-7-9-16(2,3)10-8-12/h4-6,12H,7-10H2,1-3H3. The van der Waals surface area contributed by atoms with Crippen molar-refractivity contribution in [1.29, 1.82) is 0 Å². The maximum absolute atomic E-state index is 11.7. The van der Waals surface area contributed by atoms with Crippen molar-refractivity contribution in [2.45, 2.75) is 52.4 Å². The molecule has 0 bridgehead atoms. The summed E-state index contributed by atoms with van der Waals surface area (Å²) in [7, 11) is 0. The van der Waals surface area contributed by atoms with Crippen LogP contribution in [0.25, 0.3) is 0 Å². The highest BCUT2D eigenvalue weighted by Gasteiger charge is 2.30. The summed E-state index contributed by atoms with van der Waals surface area (Å²) in [5.74, 6) is 0.572. The quantitative estimate of drug-likeness (QED) is 0.669. The average molecular weight is 265 g/mol. The van der Waals surface area contributed by atoms with Crippen LogP contribution in [0.4, 0.5) is 0 Å². The molecule has 1 nitrogen and oxygen atoms in total. The van der Waals surface area contributed by atoms with E-state index in [1.165, 1.54) is 12.8 Å². The normalized spacial score (nSPS) is 19.8. The van der Waals surface area contributed by atoms with Crippen LogP contribution in [0.1, 0.15) is 68.3 Å². The van der Waals surface area contributed by atoms with Gasteiger partial charge < -0.3 is 0 Å². The first kappa shape index (κ1) is 13.6. The number of carbonyl (C=O) groups excluding carboxylic acids is 1. The molecule has 2 rings (SSSR count). The van der Waals surface area contributed by atoms with E-state index in [1.807, 2.05) is 18.2 Å². The van der Waals surface area contributed by atoms with E-state index in [1.54, 1.807) is 6.92 Å². The fourth-order valence-electron chi connectivity index (χ4n) is 2.95. The maximum Gasteiger partial charge on any atom is 0.160 e. The summed E-state index contributed by atoms with van der Waals surface area (Å²) in [4.78, 5) is 11.7. The predicted molar refractivity (Wildman–Crippen MR) is 76.4 cm³/mol. The van der Waals surface area contributed by atoms with Gasteiger partial charge in [-0.1, -0.05) is 37.6 Å². The van der Waals surface area contributed by atoms with Gasteiger partial charge in [0.1, 0.15) is 0 Å². The van der Waals surface area contributed by atoms with Gasteiger partial charge in [-0.15, -0.1) is 0 Å². The molecule has 1 fully saturated rings. The fraction of sp³-hybridized carbons (Fsp3) is 0.562. The first-order chi connectivity index (χ1) is 8.41. The molecule has 0 aliphatic heterocycles. The van der Waals surface area contributed by atoms with Gasteiger partial charge in [0.25, 0.3) is 0 Å². The Hall–Kier alpha value is -0.820. The molecule has 18 heavy (non-hydrogen) atoms. The van der Waals surface area contributed by atoms with Crippen LogP contribution in [0.2, 0.25) is 5.02 Å². The zero-order valence-corrected chi connectivity index (χ0v) is 12.2. The van der Waals surface area contributed by atoms with Crippen LogP contribution in [-0.4, -0.2) is 5.78 Å². The lowest BCUT2D eigenvalue weighted by Gasteiger charge is -2.35. The third kappa shape index (κ3) is 2.77. The highest BCUT2D eigenvalue weighted by Crippen LogP contribution is 2.44. The lowest BCUT2D eigenvalue weighted by atomic mass is 9.70. The van der Waals surface area contributed by atoms with Gasteiger partial charge in [-0.25, -0.2) is 0 Å². The van der Waals surface area contributed by atoms with Gasteiger partial charge in [-0.3, -0.25) is 4.79 Å². The van der Waals surface area contributed by atoms with Crippen molar-refractivity contribution >= 4 is 17.4 Å². The monoisotopic (exact) mass is 264 g/mol. The largest absolute Gasteiger partial charge is 0.294 e. The Labute approximate surface area is 115 Å². The average Bonchev–Trinajstić information content (AvgIpc) is 2.29. The Balaban J connectivity index is 2.31. The van der Waals surface area contributed by atoms with Gasteiger partial charge in [0.2, 0.25) is 0 Å². The van der Waals surface area contributed by atoms with Crippen molar-refractivity contribution in [3.05, 3.63) is 34.3 Å². The van der Waals surface area contributed by atoms with Crippen LogP contribution in [-0.2, 0) is 0 Å². The van der Waals surface area contributed by atoms with Gasteiger partial charge in [0.15, 0.2) is 5.78 Å². The number of hydrogen-bond donors (Lipinski definition) is 0. The number of hydrogen-bond acceptors (Lipinski definition) is 1. The molecule has 0 amide bonds. The Morgan fingerprint density at radius 1 is 1.28 bits per heavy atom. The van der Waals surface area contributed by atoms with Crippen molar-refractivity contribution in [2.24, 2.45) is 5.41 Å². The number of rotatable bonds is 2. The van der Waals surface area contributed by atoms with Crippen LogP contribution < -0.4 is 0 Å². The maximum atomic E-state index is 11.7. The molecule has 0 N–H and O–H groups in total. The van der Waals surface area contributed by atoms with Crippen LogP contribution in [0.5, 0.6) is 0 Å². The highest BCUT2D eigenvalue weighted by atomic mass is 35.5. The minimum Gasteiger partial charge on any atom is -0.294 e. The van der Waals surface area contributed by atoms with Crippen molar-refractivity contribution < 1.29 is 4.79 Å². The zero-order chi connectivity index (χ0) is 13.3. The Morgan fingerprint density at radius 3 is 2.44 bits per heavy atom. The van der Waals surface area contributed by atoms with Crippen LogP contribution in [0.3, 0.4) is 0 Å². The van der Waals surface area contributed by atoms with Crippen molar-refractivity contribution in [3.63, 3.8) is 0 Å². The molecule has 1 aliphatic rings. The lowest BCUT2D eigenvalue weighted by molar-refractivity contribution is 0.101. The van der Waals surface area contributed by atoms with E-state index in [9.17, 15) is 4.79 Å². The number of ketones is 1. The van der Waals surface area contributed by atoms with E-state index in [0.717, 1.165) is 29.0 Å². The van der Waals surface area contributed by atoms with Crippen molar-refractivity contribution in [3.8, 4) is 0 Å². The third-order valence-electron chi connectivity index (χ3n) is 4.18. The minimum absolute atomic E-state index is 0.123. The predicted octanol–water partition coefficient (Wildman–Crippen LogP) is 5.23. The van der Waals surface area contributed by atoms with Crippen molar-refractivity contribution in [1.82, 2.24) is 0 Å². The molecule has 0 heterocycles. The molecule has 98 valence electrons. The summed E-state index contributed by atoms with van der Waals surface area (Å²) in [6, 6.07) is 5.68. The molecule has 0 unspecified atom stereocenters. The zero-order valence-electron chi connectivity index (χ0n) is 11.4. The van der Waals surface area contributed by atoms with E-state index in [-0.39, 0.29) is 5.78 Å². The molecular formula is C16H21ClO. The highest BCUT2D eigenvalue weighted by molar-refractivity contribution is 6.32. The molecule has 1 aromatic carbocycles. The van der Waals surface area contributed by atoms with Crippen LogP contribution >= 0.6 is 11.6 Å². The molecular weight excluding hydrogens is 244 g/mol. The molecule has 0 aromatic heterocycles. The smallest absolute Gasteiger partial charge is 0.160 e. The SMILES string of the molecule is CC(=O)c1cccc(Cl)c1C1CCC(C)(C)CC1. The number of carbonyl (C=O) groups is 1. The van der Waals surface area contributed by atoms with E-state index < -0.39 is 0 Å². The first-order valence-corrected chi connectivity index (χ1v) is 7.08. The summed E-state index contributed by atoms with van der Waals surface area (Å²) in [6.45, 7) is 6.27. The lowest BCUT2D eigenvalue weighted by Crippen LogP contribution is -2.21. The van der Waals surface area contributed by atoms with E-state index in [4.69, 9.17) is 11.6 Å². The molecule has 0 atom stereocenters. The van der Waals surface area contributed by atoms with Crippen LogP contribution in [0.15, 0.2) is 18.2 Å². The van der Waals surface area contributed by atoms with Gasteiger partial charge in [-0.2, -0.15) is 0 Å². The molecule has 0 radical (unpaired) electrons. The van der Waals surface area contributed by atoms with E-state index in [2.05, 4.69) is 13.8 Å². The second-order valence-electron chi connectivity index (χ2n) is 6.20. The van der Waals surface area contributed by atoms with Gasteiger partial charge in [0.05, 0.1) is 0 Å². The summed E-state index contributed by atoms with van der Waals surface area (Å²) in [5, 5.41) is 0.757. The molecule has 1 saturated carbocycles. The number of benzene rings is 1. The summed E-state index contributed by atoms with van der Waals surface area (Å²) in [5.41, 5.74) is 2.34. The Kier molecular flexibility index (Phi) is 3.82. The topological polar surface area (TPSA) is 17.1 Å². The van der Waals surface area contributed by atoms with Gasteiger partial charge in [0, 0.05) is 10.6 Å². The molecule has 2 heteroatoms. The summed E-state index contributed by atoms with van der Waals surface area (Å²) < 4.78 is 0. The van der Waals surface area contributed by atoms with Gasteiger partial charge in [-0.05, 0) is 55.6 Å². The Morgan fingerprint density at radius 2 is 1.89 bits per heavy atom. The van der Waals surface area contributed by atoms with E-state index in [0.29, 0.717) is 11.3 Å². The third-order valence-corrected chi connectivity index (χ3v) is 4.51. The minimum atomic E-state index is 0.123. The van der Waals surface area contributed by atoms with Crippen LogP contribution in [0, 0.1) is 5.41 Å². The molecule has 1 aromatic rings. The fourth-order valence-corrected chi connectivity index (χ4v) is 3.28. The molecule has 0 spiro atoms. The second kappa shape index (κ2) is 5.05. The summed E-state index contributed by atoms with van der Waals surface area (Å²) in [6.07, 6.45) is 4.69. The molecule has 0 saturated heterocycles. The Bertz CT molecular complexity index is 452. The van der Waals surface area contributed by atoms with E-state index >= 15 is 0 Å². The number of halogens is 1. The first-order valence-electron chi connectivity index (χ1n) is 6.70. The second-order valence-corrected chi connectivity index (χ2v) is 6.60. The summed E-state index contributed by atoms with van der Waals surface area (Å²) >= 11 is 6.33. The molecule has 1 aliphatic carbocycles. The number of Topliss-reactive ketones (excluding diaryl/α,β-unsaturated/α-hetero) is 1. The van der Waals surface area contributed by atoms with Gasteiger partial charge >= 0.3 is 0 Å².